The lowest BCUT2D eigenvalue weighted by Crippen LogP contribution is -2.31. The van der Waals surface area contributed by atoms with Crippen LogP contribution in [0.4, 0.5) is 0 Å². The molecule has 162 valence electrons. The molecular weight excluding hydrogens is 418 g/mol. The molecule has 4 aromatic rings. The molecule has 0 spiro atoms. The lowest BCUT2D eigenvalue weighted by molar-refractivity contribution is 0.171. The van der Waals surface area contributed by atoms with Crippen molar-refractivity contribution in [1.82, 2.24) is 14.5 Å². The van der Waals surface area contributed by atoms with Crippen LogP contribution < -0.4 is 26.3 Å². The van der Waals surface area contributed by atoms with Crippen LogP contribution in [0, 0.1) is 6.92 Å². The number of aromatic hydroxyl groups is 1. The molecule has 0 aliphatic carbocycles. The van der Waals surface area contributed by atoms with Crippen molar-refractivity contribution in [2.45, 2.75) is 13.5 Å². The largest absolute Gasteiger partial charge is 0.507 e. The van der Waals surface area contributed by atoms with E-state index in [0.717, 1.165) is 5.56 Å². The van der Waals surface area contributed by atoms with Gasteiger partial charge in [0.2, 0.25) is 0 Å². The van der Waals surface area contributed by atoms with Crippen LogP contribution in [0.1, 0.15) is 11.3 Å². The topological polar surface area (TPSA) is 137 Å². The van der Waals surface area contributed by atoms with Gasteiger partial charge in [0.05, 0.1) is 11.9 Å². The van der Waals surface area contributed by atoms with Gasteiger partial charge in [-0.05, 0) is 30.7 Å². The Kier molecular flexibility index (Phi) is 4.54. The maximum atomic E-state index is 12.7. The van der Waals surface area contributed by atoms with Crippen molar-refractivity contribution in [1.29, 1.82) is 0 Å². The highest BCUT2D eigenvalue weighted by molar-refractivity contribution is 5.93. The van der Waals surface area contributed by atoms with Crippen LogP contribution in [0.2, 0.25) is 0 Å². The third kappa shape index (κ3) is 3.22. The summed E-state index contributed by atoms with van der Waals surface area (Å²) in [4.78, 5) is 44.3. The smallest absolute Gasteiger partial charge is 0.347 e. The summed E-state index contributed by atoms with van der Waals surface area (Å²) < 4.78 is 17.5. The van der Waals surface area contributed by atoms with Gasteiger partial charge in [0.1, 0.15) is 35.9 Å². The minimum Gasteiger partial charge on any atom is -0.507 e. The average Bonchev–Trinajstić information content (AvgIpc) is 2.75. The molecule has 0 saturated carbocycles. The second kappa shape index (κ2) is 7.41. The minimum atomic E-state index is -0.806. The van der Waals surface area contributed by atoms with Gasteiger partial charge in [0.15, 0.2) is 11.5 Å². The summed E-state index contributed by atoms with van der Waals surface area (Å²) in [5, 5.41) is 10.3. The van der Waals surface area contributed by atoms with Gasteiger partial charge in [-0.25, -0.2) is 14.6 Å². The number of aromatic nitrogens is 3. The van der Waals surface area contributed by atoms with E-state index in [9.17, 15) is 19.5 Å². The summed E-state index contributed by atoms with van der Waals surface area (Å²) in [6.45, 7) is 2.48. The van der Waals surface area contributed by atoms with Crippen molar-refractivity contribution in [3.8, 4) is 28.4 Å². The number of rotatable bonds is 3. The summed E-state index contributed by atoms with van der Waals surface area (Å²) in [6.07, 6.45) is 1.36. The van der Waals surface area contributed by atoms with Crippen molar-refractivity contribution in [2.75, 3.05) is 13.2 Å². The normalized spacial score (nSPS) is 12.8. The molecule has 10 heteroatoms. The van der Waals surface area contributed by atoms with E-state index in [1.165, 1.54) is 29.8 Å². The zero-order valence-electron chi connectivity index (χ0n) is 16.9. The van der Waals surface area contributed by atoms with Gasteiger partial charge in [-0.3, -0.25) is 14.3 Å². The fourth-order valence-corrected chi connectivity index (χ4v) is 3.77. The van der Waals surface area contributed by atoms with Crippen LogP contribution in [0.3, 0.4) is 0 Å². The third-order valence-electron chi connectivity index (χ3n) is 5.15. The highest BCUT2D eigenvalue weighted by Crippen LogP contribution is 2.32. The molecule has 0 amide bonds. The highest BCUT2D eigenvalue weighted by Gasteiger charge is 2.20. The van der Waals surface area contributed by atoms with E-state index >= 15 is 0 Å². The summed E-state index contributed by atoms with van der Waals surface area (Å²) in [6, 6.07) is 7.97. The van der Waals surface area contributed by atoms with E-state index < -0.39 is 16.9 Å². The highest BCUT2D eigenvalue weighted by atomic mass is 16.6. The van der Waals surface area contributed by atoms with E-state index in [-0.39, 0.29) is 40.2 Å². The molecule has 0 radical (unpaired) electrons. The molecule has 0 atom stereocenters. The second-order valence-electron chi connectivity index (χ2n) is 7.29. The van der Waals surface area contributed by atoms with Crippen LogP contribution >= 0.6 is 0 Å². The van der Waals surface area contributed by atoms with Gasteiger partial charge < -0.3 is 19.0 Å². The van der Waals surface area contributed by atoms with E-state index in [2.05, 4.69) is 9.97 Å². The molecule has 1 aromatic carbocycles. The van der Waals surface area contributed by atoms with Gasteiger partial charge in [0, 0.05) is 17.8 Å². The average molecular weight is 435 g/mol. The van der Waals surface area contributed by atoms with Gasteiger partial charge in [-0.2, -0.15) is 0 Å². The molecule has 10 nitrogen and oxygen atoms in total. The second-order valence-corrected chi connectivity index (χ2v) is 7.29. The molecule has 4 heterocycles. The van der Waals surface area contributed by atoms with E-state index in [0.29, 0.717) is 24.7 Å². The Labute approximate surface area is 179 Å². The Morgan fingerprint density at radius 2 is 1.88 bits per heavy atom. The molecule has 2 N–H and O–H groups in total. The SMILES string of the molecule is Cc1cc(O)c(-c2ccnc3c2c(=O)[nH]c(=O)n3Cc2ccc3c(c2)OCCO3)c(=O)o1. The van der Waals surface area contributed by atoms with Crippen LogP contribution in [0.15, 0.2) is 55.3 Å². The van der Waals surface area contributed by atoms with Crippen LogP contribution in [-0.4, -0.2) is 32.9 Å². The third-order valence-corrected chi connectivity index (χ3v) is 5.15. The Bertz CT molecular complexity index is 1550. The summed E-state index contributed by atoms with van der Waals surface area (Å²) in [5.74, 6) is 1.06. The quantitative estimate of drug-likeness (QED) is 0.494. The van der Waals surface area contributed by atoms with E-state index in [1.807, 2.05) is 0 Å². The van der Waals surface area contributed by atoms with Crippen molar-refractivity contribution >= 4 is 11.0 Å². The lowest BCUT2D eigenvalue weighted by atomic mass is 10.0. The molecular formula is C22H17N3O7. The van der Waals surface area contributed by atoms with Crippen molar-refractivity contribution in [3.05, 3.63) is 79.1 Å². The zero-order valence-corrected chi connectivity index (χ0v) is 16.9. The lowest BCUT2D eigenvalue weighted by Gasteiger charge is -2.19. The zero-order chi connectivity index (χ0) is 22.4. The standard InChI is InChI=1S/C22H17N3O7/c1-11-8-14(26)17(21(28)32-11)13-4-5-23-19-18(13)20(27)24-22(29)25(19)10-12-2-3-15-16(9-12)31-7-6-30-15/h2-5,8-9,26H,6-7,10H2,1H3,(H,24,27,29). The number of nitrogens with zero attached hydrogens (tertiary/aromatic N) is 2. The van der Waals surface area contributed by atoms with Crippen LogP contribution in [0.25, 0.3) is 22.2 Å². The Hall–Kier alpha value is -4.34. The molecule has 5 rings (SSSR count). The van der Waals surface area contributed by atoms with Crippen molar-refractivity contribution in [2.24, 2.45) is 0 Å². The fourth-order valence-electron chi connectivity index (χ4n) is 3.77. The fraction of sp³-hybridized carbons (Fsp3) is 0.182. The minimum absolute atomic E-state index is 0.0175. The number of hydrogen-bond donors (Lipinski definition) is 2. The summed E-state index contributed by atoms with van der Waals surface area (Å²) in [7, 11) is 0. The first-order valence-electron chi connectivity index (χ1n) is 9.77. The molecule has 1 aliphatic heterocycles. The summed E-state index contributed by atoms with van der Waals surface area (Å²) in [5.41, 5.74) is -1.50. The first-order valence-corrected chi connectivity index (χ1v) is 9.77. The number of H-pyrrole nitrogens is 1. The van der Waals surface area contributed by atoms with Gasteiger partial charge in [-0.15, -0.1) is 0 Å². The predicted molar refractivity (Wildman–Crippen MR) is 114 cm³/mol. The summed E-state index contributed by atoms with van der Waals surface area (Å²) >= 11 is 0. The number of aromatic amines is 1. The number of ether oxygens (including phenoxy) is 2. The first-order chi connectivity index (χ1) is 15.4. The number of fused-ring (bicyclic) bond motifs is 2. The van der Waals surface area contributed by atoms with Gasteiger partial charge in [-0.1, -0.05) is 6.07 Å². The van der Waals surface area contributed by atoms with Gasteiger partial charge in [0.25, 0.3) is 5.56 Å². The number of pyridine rings is 1. The van der Waals surface area contributed by atoms with Crippen molar-refractivity contribution < 1.29 is 19.0 Å². The maximum absolute atomic E-state index is 12.7. The molecule has 0 bridgehead atoms. The van der Waals surface area contributed by atoms with Crippen LogP contribution in [0.5, 0.6) is 17.2 Å². The number of aryl methyl sites for hydroxylation is 1. The maximum Gasteiger partial charge on any atom is 0.347 e. The molecule has 3 aromatic heterocycles. The Morgan fingerprint density at radius 3 is 2.66 bits per heavy atom. The van der Waals surface area contributed by atoms with Crippen LogP contribution in [-0.2, 0) is 6.54 Å². The van der Waals surface area contributed by atoms with E-state index in [1.54, 1.807) is 18.2 Å². The first kappa shape index (κ1) is 19.6. The number of hydrogen-bond acceptors (Lipinski definition) is 8. The molecule has 0 saturated heterocycles. The van der Waals surface area contributed by atoms with E-state index in [4.69, 9.17) is 13.9 Å². The number of benzene rings is 1. The van der Waals surface area contributed by atoms with Crippen molar-refractivity contribution in [3.63, 3.8) is 0 Å². The Morgan fingerprint density at radius 1 is 1.09 bits per heavy atom. The predicted octanol–water partition coefficient (Wildman–Crippen LogP) is 1.54. The molecule has 0 unspecified atom stereocenters. The number of nitrogens with one attached hydrogen (secondary N) is 1. The van der Waals surface area contributed by atoms with Gasteiger partial charge >= 0.3 is 11.3 Å². The monoisotopic (exact) mass is 435 g/mol. The molecule has 0 fully saturated rings. The molecule has 32 heavy (non-hydrogen) atoms. The Balaban J connectivity index is 1.71. The molecule has 1 aliphatic rings.